The number of ether oxygens (including phenoxy) is 6. The summed E-state index contributed by atoms with van der Waals surface area (Å²) < 4.78 is 34.4. The zero-order valence-electron chi connectivity index (χ0n) is 60.4. The molecule has 3 aliphatic rings. The van der Waals surface area contributed by atoms with E-state index in [4.69, 9.17) is 28.4 Å². The van der Waals surface area contributed by atoms with Crippen LogP contribution in [0.1, 0.15) is 328 Å². The molecule has 12 N–H and O–H groups in total. The summed E-state index contributed by atoms with van der Waals surface area (Å²) in [5.74, 6) is -0.278. The Balaban J connectivity index is 1.38. The minimum atomic E-state index is -1.98. The van der Waals surface area contributed by atoms with Crippen LogP contribution in [0.2, 0.25) is 0 Å². The fourth-order valence-corrected chi connectivity index (χ4v) is 13.6. The van der Waals surface area contributed by atoms with Gasteiger partial charge in [-0.2, -0.15) is 0 Å². The third-order valence-electron chi connectivity index (χ3n) is 20.0. The highest BCUT2D eigenvalue weighted by molar-refractivity contribution is 5.76. The number of hydrogen-bond acceptors (Lipinski definition) is 18. The maximum atomic E-state index is 13.5. The van der Waals surface area contributed by atoms with Gasteiger partial charge in [0.25, 0.3) is 0 Å². The standard InChI is InChI=1S/C77H145NO18/c1-3-5-7-9-11-13-15-17-19-21-23-25-26-27-28-29-30-31-32-33-35-37-39-41-43-45-47-49-51-53-55-65(83)78-60(61(82)54-52-50-48-46-44-42-40-38-36-34-24-22-20-18-16-14-12-10-8-6-4-2)59-91-75-71(89)68(86)73(63(57-80)93-75)96-77-72(90)69(87)74(64(58-81)94-77)95-76-70(88)67(85)66(84)62(56-79)92-76/h44,46,52,54,60-64,66-77,79-82,84-90H,3-43,45,47-51,53,55-59H2,1-2H3,(H,78,83)/b46-44+,54-52+. The third kappa shape index (κ3) is 39.1. The molecule has 0 aromatic rings. The van der Waals surface area contributed by atoms with E-state index in [0.29, 0.717) is 12.8 Å². The van der Waals surface area contributed by atoms with E-state index in [2.05, 4.69) is 31.3 Å². The lowest BCUT2D eigenvalue weighted by atomic mass is 9.96. The lowest BCUT2D eigenvalue weighted by molar-refractivity contribution is -0.379. The van der Waals surface area contributed by atoms with E-state index in [1.54, 1.807) is 6.08 Å². The number of amides is 1. The van der Waals surface area contributed by atoms with Crippen molar-refractivity contribution in [1.29, 1.82) is 0 Å². The molecule has 0 aromatic heterocycles. The Labute approximate surface area is 581 Å². The van der Waals surface area contributed by atoms with Crippen LogP contribution in [0.15, 0.2) is 24.3 Å². The quantitative estimate of drug-likeness (QED) is 0.0199. The van der Waals surface area contributed by atoms with Crippen molar-refractivity contribution in [3.8, 4) is 0 Å². The van der Waals surface area contributed by atoms with E-state index in [-0.39, 0.29) is 18.9 Å². The van der Waals surface area contributed by atoms with E-state index < -0.39 is 124 Å². The summed E-state index contributed by atoms with van der Waals surface area (Å²) in [6.07, 6.45) is 43.2. The molecule has 19 heteroatoms. The predicted octanol–water partition coefficient (Wildman–Crippen LogP) is 12.6. The Bertz CT molecular complexity index is 1830. The van der Waals surface area contributed by atoms with Crippen LogP contribution in [0.5, 0.6) is 0 Å². The van der Waals surface area contributed by atoms with Crippen molar-refractivity contribution in [3.05, 3.63) is 24.3 Å². The molecule has 3 aliphatic heterocycles. The minimum Gasteiger partial charge on any atom is -0.394 e. The molecule has 0 bridgehead atoms. The summed E-state index contributed by atoms with van der Waals surface area (Å²) in [5.41, 5.74) is 0. The van der Waals surface area contributed by atoms with Gasteiger partial charge >= 0.3 is 0 Å². The minimum absolute atomic E-state index is 0.241. The molecule has 17 unspecified atom stereocenters. The average Bonchev–Trinajstić information content (AvgIpc) is 0.798. The van der Waals surface area contributed by atoms with Crippen LogP contribution in [0.25, 0.3) is 0 Å². The van der Waals surface area contributed by atoms with Gasteiger partial charge < -0.3 is 89.9 Å². The highest BCUT2D eigenvalue weighted by Gasteiger charge is 2.53. The molecule has 3 rings (SSSR count). The van der Waals surface area contributed by atoms with Gasteiger partial charge in [-0.25, -0.2) is 0 Å². The SMILES string of the molecule is CCCCCCCCCCCCCCCCC/C=C/CC/C=C/C(O)C(COC1OC(CO)C(OC2OC(CO)C(OC3OC(CO)C(O)C(O)C3O)C(O)C2O)C(O)C1O)NC(=O)CCCCCCCCCCCCCCCCCCCCCCCCCCCCCCCC. The van der Waals surface area contributed by atoms with Crippen molar-refractivity contribution in [1.82, 2.24) is 5.32 Å². The van der Waals surface area contributed by atoms with Gasteiger partial charge in [-0.1, -0.05) is 314 Å². The number of carbonyl (C=O) groups is 1. The summed E-state index contributed by atoms with van der Waals surface area (Å²) in [4.78, 5) is 13.5. The maximum Gasteiger partial charge on any atom is 0.220 e. The smallest absolute Gasteiger partial charge is 0.220 e. The lowest BCUT2D eigenvalue weighted by Crippen LogP contribution is -2.66. The van der Waals surface area contributed by atoms with E-state index >= 15 is 0 Å². The molecule has 1 amide bonds. The fourth-order valence-electron chi connectivity index (χ4n) is 13.6. The third-order valence-corrected chi connectivity index (χ3v) is 20.0. The van der Waals surface area contributed by atoms with Crippen molar-refractivity contribution in [2.75, 3.05) is 26.4 Å². The first-order valence-corrected chi connectivity index (χ1v) is 39.6. The van der Waals surface area contributed by atoms with Crippen LogP contribution in [0, 0.1) is 0 Å². The Morgan fingerprint density at radius 3 is 1.04 bits per heavy atom. The Morgan fingerprint density at radius 2 is 0.667 bits per heavy atom. The van der Waals surface area contributed by atoms with Crippen molar-refractivity contribution >= 4 is 5.91 Å². The molecule has 3 saturated heterocycles. The summed E-state index contributed by atoms with van der Waals surface area (Å²) in [7, 11) is 0. The van der Waals surface area contributed by atoms with Gasteiger partial charge in [-0.3, -0.25) is 4.79 Å². The molecule has 17 atom stereocenters. The number of unbranched alkanes of at least 4 members (excludes halogenated alkanes) is 45. The van der Waals surface area contributed by atoms with E-state index in [1.807, 2.05) is 6.08 Å². The molecule has 3 heterocycles. The van der Waals surface area contributed by atoms with Gasteiger partial charge in [0.15, 0.2) is 18.9 Å². The monoisotopic (exact) mass is 1370 g/mol. The lowest BCUT2D eigenvalue weighted by Gasteiger charge is -2.48. The molecule has 3 fully saturated rings. The highest BCUT2D eigenvalue weighted by atomic mass is 16.8. The normalized spacial score (nSPS) is 27.1. The Kier molecular flexibility index (Phi) is 54.1. The highest BCUT2D eigenvalue weighted by Crippen LogP contribution is 2.33. The van der Waals surface area contributed by atoms with Crippen LogP contribution in [0.3, 0.4) is 0 Å². The zero-order valence-corrected chi connectivity index (χ0v) is 60.4. The van der Waals surface area contributed by atoms with Crippen LogP contribution in [-0.2, 0) is 33.2 Å². The van der Waals surface area contributed by atoms with Crippen molar-refractivity contribution in [2.45, 2.75) is 433 Å². The van der Waals surface area contributed by atoms with Gasteiger partial charge in [0.2, 0.25) is 5.91 Å². The largest absolute Gasteiger partial charge is 0.394 e. The second kappa shape index (κ2) is 58.7. The average molecular weight is 1370 g/mol. The second-order valence-electron chi connectivity index (χ2n) is 28.5. The van der Waals surface area contributed by atoms with E-state index in [0.717, 1.165) is 38.5 Å². The van der Waals surface area contributed by atoms with E-state index in [1.165, 1.54) is 257 Å². The van der Waals surface area contributed by atoms with Gasteiger partial charge in [-0.15, -0.1) is 0 Å². The Hall–Kier alpha value is -1.73. The van der Waals surface area contributed by atoms with Crippen molar-refractivity contribution in [3.63, 3.8) is 0 Å². The molecule has 0 radical (unpaired) electrons. The number of rotatable bonds is 63. The summed E-state index contributed by atoms with van der Waals surface area (Å²) in [6.45, 7) is 1.77. The first-order valence-electron chi connectivity index (χ1n) is 39.6. The van der Waals surface area contributed by atoms with Crippen LogP contribution >= 0.6 is 0 Å². The number of aliphatic hydroxyl groups excluding tert-OH is 11. The molecule has 0 aromatic carbocycles. The molecular formula is C77H145NO18. The first kappa shape index (κ1) is 88.5. The van der Waals surface area contributed by atoms with E-state index in [9.17, 15) is 61.0 Å². The molecular weight excluding hydrogens is 1230 g/mol. The maximum absolute atomic E-state index is 13.5. The van der Waals surface area contributed by atoms with Gasteiger partial charge in [0, 0.05) is 6.42 Å². The molecule has 19 nitrogen and oxygen atoms in total. The van der Waals surface area contributed by atoms with Gasteiger partial charge in [0.1, 0.15) is 73.2 Å². The number of carbonyl (C=O) groups excluding carboxylic acids is 1. The van der Waals surface area contributed by atoms with Crippen molar-refractivity contribution in [2.24, 2.45) is 0 Å². The fraction of sp³-hybridized carbons (Fsp3) is 0.935. The molecule has 0 spiro atoms. The topological polar surface area (TPSA) is 307 Å². The summed E-state index contributed by atoms with van der Waals surface area (Å²) in [6, 6.07) is -0.988. The van der Waals surface area contributed by atoms with Gasteiger partial charge in [0.05, 0.1) is 38.6 Å². The first-order chi connectivity index (χ1) is 46.8. The second-order valence-corrected chi connectivity index (χ2v) is 28.5. The number of allylic oxidation sites excluding steroid dienone is 3. The molecule has 96 heavy (non-hydrogen) atoms. The van der Waals surface area contributed by atoms with Crippen LogP contribution in [0.4, 0.5) is 0 Å². The predicted molar refractivity (Wildman–Crippen MR) is 379 cm³/mol. The zero-order chi connectivity index (χ0) is 69.6. The van der Waals surface area contributed by atoms with Crippen LogP contribution in [-0.4, -0.2) is 193 Å². The van der Waals surface area contributed by atoms with Gasteiger partial charge in [-0.05, 0) is 32.1 Å². The summed E-state index contributed by atoms with van der Waals surface area (Å²) in [5, 5.41) is 121. The van der Waals surface area contributed by atoms with Crippen molar-refractivity contribution < 1.29 is 89.4 Å². The Morgan fingerprint density at radius 1 is 0.365 bits per heavy atom. The number of nitrogens with one attached hydrogen (secondary N) is 1. The number of hydrogen-bond donors (Lipinski definition) is 12. The molecule has 0 aliphatic carbocycles. The molecule has 0 saturated carbocycles. The summed E-state index contributed by atoms with van der Waals surface area (Å²) >= 11 is 0. The number of aliphatic hydroxyl groups is 11. The molecule has 566 valence electrons. The van der Waals surface area contributed by atoms with Crippen LogP contribution < -0.4 is 5.32 Å².